The van der Waals surface area contributed by atoms with Crippen molar-refractivity contribution in [2.75, 3.05) is 0 Å². The lowest BCUT2D eigenvalue weighted by Gasteiger charge is -2.56. The minimum absolute atomic E-state index is 0.561. The molecule has 14 heavy (non-hydrogen) atoms. The Morgan fingerprint density at radius 1 is 0.857 bits per heavy atom. The van der Waals surface area contributed by atoms with E-state index in [4.69, 9.17) is 0 Å². The molecule has 0 nitrogen and oxygen atoms in total. The average Bonchev–Trinajstić information content (AvgIpc) is 2.13. The molecule has 0 aromatic rings. The van der Waals surface area contributed by atoms with Crippen LogP contribution in [0.2, 0.25) is 0 Å². The van der Waals surface area contributed by atoms with E-state index in [1.54, 1.807) is 0 Å². The van der Waals surface area contributed by atoms with E-state index in [0.29, 0.717) is 10.8 Å². The van der Waals surface area contributed by atoms with Crippen molar-refractivity contribution < 1.29 is 0 Å². The minimum Gasteiger partial charge on any atom is -0.0594 e. The van der Waals surface area contributed by atoms with Crippen molar-refractivity contribution in [3.63, 3.8) is 0 Å². The van der Waals surface area contributed by atoms with Gasteiger partial charge in [-0.2, -0.15) is 0 Å². The molecule has 2 fully saturated rings. The van der Waals surface area contributed by atoms with E-state index in [1.165, 1.54) is 38.5 Å². The molecule has 2 rings (SSSR count). The van der Waals surface area contributed by atoms with Crippen molar-refractivity contribution in [1.29, 1.82) is 0 Å². The number of rotatable bonds is 0. The van der Waals surface area contributed by atoms with Crippen molar-refractivity contribution in [2.24, 2.45) is 22.7 Å². The molecule has 2 atom stereocenters. The Labute approximate surface area is 89.5 Å². The van der Waals surface area contributed by atoms with Crippen LogP contribution in [0.1, 0.15) is 66.2 Å². The van der Waals surface area contributed by atoms with E-state index in [0.717, 1.165) is 11.8 Å². The summed E-state index contributed by atoms with van der Waals surface area (Å²) in [6, 6.07) is 0. The van der Waals surface area contributed by atoms with Gasteiger partial charge in [-0.3, -0.25) is 0 Å². The maximum Gasteiger partial charge on any atom is -0.0272 e. The number of hydrogen-bond donors (Lipinski definition) is 0. The second-order valence-electron chi connectivity index (χ2n) is 6.80. The highest BCUT2D eigenvalue weighted by atomic mass is 14.5. The first-order valence-corrected chi connectivity index (χ1v) is 6.45. The van der Waals surface area contributed by atoms with Crippen molar-refractivity contribution in [2.45, 2.75) is 66.2 Å². The lowest BCUT2D eigenvalue weighted by Crippen LogP contribution is -2.47. The van der Waals surface area contributed by atoms with Crippen LogP contribution in [0.5, 0.6) is 0 Å². The SMILES string of the molecule is CC1(C)CCC2CCCCC2C1(C)C. The summed E-state index contributed by atoms with van der Waals surface area (Å²) in [6.45, 7) is 10.0. The first-order valence-electron chi connectivity index (χ1n) is 6.45. The van der Waals surface area contributed by atoms with Gasteiger partial charge in [0.05, 0.1) is 0 Å². The maximum atomic E-state index is 2.52. The van der Waals surface area contributed by atoms with E-state index >= 15 is 0 Å². The highest BCUT2D eigenvalue weighted by molar-refractivity contribution is 4.99. The van der Waals surface area contributed by atoms with Gasteiger partial charge in [0.25, 0.3) is 0 Å². The van der Waals surface area contributed by atoms with Gasteiger partial charge in [0.15, 0.2) is 0 Å². The van der Waals surface area contributed by atoms with Crippen LogP contribution < -0.4 is 0 Å². The maximum absolute atomic E-state index is 2.52. The molecule has 82 valence electrons. The zero-order chi connectivity index (χ0) is 10.4. The van der Waals surface area contributed by atoms with Crippen LogP contribution in [0, 0.1) is 22.7 Å². The normalized spacial score (nSPS) is 40.3. The second kappa shape index (κ2) is 3.25. The van der Waals surface area contributed by atoms with E-state index in [-0.39, 0.29) is 0 Å². The third-order valence-electron chi connectivity index (χ3n) is 5.72. The topological polar surface area (TPSA) is 0 Å². The fourth-order valence-corrected chi connectivity index (χ4v) is 3.87. The minimum atomic E-state index is 0.561. The lowest BCUT2D eigenvalue weighted by molar-refractivity contribution is -0.0636. The summed E-state index contributed by atoms with van der Waals surface area (Å²) < 4.78 is 0. The molecule has 0 amide bonds. The molecule has 0 aromatic carbocycles. The van der Waals surface area contributed by atoms with Crippen molar-refractivity contribution in [3.8, 4) is 0 Å². The van der Waals surface area contributed by atoms with Gasteiger partial charge in [-0.05, 0) is 41.9 Å². The molecule has 0 N–H and O–H groups in total. The monoisotopic (exact) mass is 194 g/mol. The van der Waals surface area contributed by atoms with Crippen molar-refractivity contribution in [3.05, 3.63) is 0 Å². The standard InChI is InChI=1S/C14H26/c1-13(2)10-9-11-7-5-6-8-12(11)14(13,3)4/h11-12H,5-10H2,1-4H3. The smallest absolute Gasteiger partial charge is 0.0272 e. The molecule has 0 heterocycles. The number of hydrogen-bond acceptors (Lipinski definition) is 0. The molecule has 0 saturated heterocycles. The highest BCUT2D eigenvalue weighted by Gasteiger charge is 2.49. The highest BCUT2D eigenvalue weighted by Crippen LogP contribution is 2.58. The Bertz CT molecular complexity index is 212. The predicted octanol–water partition coefficient (Wildman–Crippen LogP) is 4.64. The second-order valence-corrected chi connectivity index (χ2v) is 6.80. The molecule has 2 saturated carbocycles. The van der Waals surface area contributed by atoms with E-state index in [1.807, 2.05) is 0 Å². The fourth-order valence-electron chi connectivity index (χ4n) is 3.87. The van der Waals surface area contributed by atoms with Gasteiger partial charge >= 0.3 is 0 Å². The zero-order valence-electron chi connectivity index (χ0n) is 10.4. The van der Waals surface area contributed by atoms with E-state index in [2.05, 4.69) is 27.7 Å². The number of fused-ring (bicyclic) bond motifs is 1. The third kappa shape index (κ3) is 1.42. The molecule has 0 aromatic heterocycles. The van der Waals surface area contributed by atoms with Gasteiger partial charge < -0.3 is 0 Å². The van der Waals surface area contributed by atoms with Crippen LogP contribution in [0.25, 0.3) is 0 Å². The Morgan fingerprint density at radius 2 is 1.50 bits per heavy atom. The van der Waals surface area contributed by atoms with Gasteiger partial charge in [-0.15, -0.1) is 0 Å². The van der Waals surface area contributed by atoms with Crippen LogP contribution in [0.15, 0.2) is 0 Å². The van der Waals surface area contributed by atoms with E-state index in [9.17, 15) is 0 Å². The fraction of sp³-hybridized carbons (Fsp3) is 1.00. The molecular formula is C14H26. The molecule has 0 aliphatic heterocycles. The molecule has 0 bridgehead atoms. The third-order valence-corrected chi connectivity index (χ3v) is 5.72. The Hall–Kier alpha value is 0. The van der Waals surface area contributed by atoms with E-state index < -0.39 is 0 Å². The molecule has 2 aliphatic rings. The van der Waals surface area contributed by atoms with Gasteiger partial charge in [0, 0.05) is 0 Å². The molecule has 0 spiro atoms. The van der Waals surface area contributed by atoms with Crippen LogP contribution >= 0.6 is 0 Å². The molecule has 2 unspecified atom stereocenters. The summed E-state index contributed by atoms with van der Waals surface area (Å²) in [5.74, 6) is 2.08. The quantitative estimate of drug-likeness (QED) is 0.527. The van der Waals surface area contributed by atoms with Gasteiger partial charge in [0.2, 0.25) is 0 Å². The van der Waals surface area contributed by atoms with Crippen LogP contribution in [-0.2, 0) is 0 Å². The Kier molecular flexibility index (Phi) is 2.44. The average molecular weight is 194 g/mol. The zero-order valence-corrected chi connectivity index (χ0v) is 10.4. The van der Waals surface area contributed by atoms with Crippen molar-refractivity contribution >= 4 is 0 Å². The van der Waals surface area contributed by atoms with Crippen LogP contribution in [-0.4, -0.2) is 0 Å². The Balaban J connectivity index is 2.22. The first kappa shape index (κ1) is 10.5. The summed E-state index contributed by atoms with van der Waals surface area (Å²) in [5.41, 5.74) is 1.13. The Morgan fingerprint density at radius 3 is 2.21 bits per heavy atom. The van der Waals surface area contributed by atoms with Gasteiger partial charge in [-0.1, -0.05) is 47.0 Å². The van der Waals surface area contributed by atoms with Gasteiger partial charge in [0.1, 0.15) is 0 Å². The molecule has 0 heteroatoms. The molecular weight excluding hydrogens is 168 g/mol. The summed E-state index contributed by atoms with van der Waals surface area (Å²) in [6.07, 6.45) is 8.95. The summed E-state index contributed by atoms with van der Waals surface area (Å²) in [7, 11) is 0. The predicted molar refractivity (Wildman–Crippen MR) is 62.2 cm³/mol. The van der Waals surface area contributed by atoms with Gasteiger partial charge in [-0.25, -0.2) is 0 Å². The molecule has 0 radical (unpaired) electrons. The largest absolute Gasteiger partial charge is 0.0594 e. The van der Waals surface area contributed by atoms with Crippen LogP contribution in [0.3, 0.4) is 0 Å². The summed E-state index contributed by atoms with van der Waals surface area (Å²) in [5, 5.41) is 0. The van der Waals surface area contributed by atoms with Crippen LogP contribution in [0.4, 0.5) is 0 Å². The molecule has 2 aliphatic carbocycles. The lowest BCUT2D eigenvalue weighted by atomic mass is 9.49. The van der Waals surface area contributed by atoms with Crippen molar-refractivity contribution in [1.82, 2.24) is 0 Å². The first-order chi connectivity index (χ1) is 6.45. The summed E-state index contributed by atoms with van der Waals surface area (Å²) in [4.78, 5) is 0. The summed E-state index contributed by atoms with van der Waals surface area (Å²) >= 11 is 0.